The second kappa shape index (κ2) is 17.0. The monoisotopic (exact) mass is 272 g/mol. The summed E-state index contributed by atoms with van der Waals surface area (Å²) in [4.78, 5) is 10.1. The molecule has 2 heteroatoms. The number of carbonyl (C=O) groups is 1. The molecular formula is C16H32OS. The zero-order valence-corrected chi connectivity index (χ0v) is 13.1. The van der Waals surface area contributed by atoms with Gasteiger partial charge in [-0.1, -0.05) is 95.7 Å². The standard InChI is InChI=1S/C16H32OS/c1-2-3-4-5-6-7-8-9-10-11-12-13-14-15-18-16-17/h16H,2-15H2,1H3. The summed E-state index contributed by atoms with van der Waals surface area (Å²) in [5.74, 6) is 1.02. The molecule has 0 aromatic rings. The van der Waals surface area contributed by atoms with Crippen LogP contribution in [0.3, 0.4) is 0 Å². The first-order chi connectivity index (χ1) is 8.91. The van der Waals surface area contributed by atoms with Crippen LogP contribution in [0.15, 0.2) is 0 Å². The van der Waals surface area contributed by atoms with E-state index in [4.69, 9.17) is 0 Å². The molecule has 0 spiro atoms. The number of carbonyl (C=O) groups excluding carboxylic acids is 1. The van der Waals surface area contributed by atoms with E-state index in [1.165, 1.54) is 95.2 Å². The van der Waals surface area contributed by atoms with Crippen LogP contribution in [-0.2, 0) is 4.79 Å². The van der Waals surface area contributed by atoms with Gasteiger partial charge in [0.1, 0.15) is 0 Å². The van der Waals surface area contributed by atoms with Gasteiger partial charge in [0.2, 0.25) is 0 Å². The summed E-state index contributed by atoms with van der Waals surface area (Å²) >= 11 is 1.41. The Labute approximate surface area is 118 Å². The Morgan fingerprint density at radius 3 is 1.44 bits per heavy atom. The molecular weight excluding hydrogens is 240 g/mol. The van der Waals surface area contributed by atoms with Crippen molar-refractivity contribution in [2.75, 3.05) is 5.75 Å². The quantitative estimate of drug-likeness (QED) is 0.268. The Morgan fingerprint density at radius 2 is 1.06 bits per heavy atom. The molecule has 0 N–H and O–H groups in total. The lowest BCUT2D eigenvalue weighted by Gasteiger charge is -2.02. The minimum Gasteiger partial charge on any atom is -0.291 e. The van der Waals surface area contributed by atoms with Crippen molar-refractivity contribution >= 4 is 17.4 Å². The summed E-state index contributed by atoms with van der Waals surface area (Å²) in [7, 11) is 0. The molecule has 0 radical (unpaired) electrons. The average molecular weight is 272 g/mol. The molecule has 0 aliphatic carbocycles. The van der Waals surface area contributed by atoms with Gasteiger partial charge in [0.05, 0.1) is 0 Å². The highest BCUT2D eigenvalue weighted by molar-refractivity contribution is 8.11. The van der Waals surface area contributed by atoms with E-state index in [0.717, 1.165) is 11.4 Å². The van der Waals surface area contributed by atoms with Crippen LogP contribution in [0.1, 0.15) is 90.4 Å². The van der Waals surface area contributed by atoms with Crippen LogP contribution in [0.2, 0.25) is 0 Å². The van der Waals surface area contributed by atoms with Crippen molar-refractivity contribution in [2.24, 2.45) is 0 Å². The SMILES string of the molecule is CCCCCCCCCCCCCCCSC=O. The zero-order valence-electron chi connectivity index (χ0n) is 12.3. The van der Waals surface area contributed by atoms with Crippen molar-refractivity contribution in [1.82, 2.24) is 0 Å². The molecule has 1 nitrogen and oxygen atoms in total. The van der Waals surface area contributed by atoms with Gasteiger partial charge in [-0.05, 0) is 6.42 Å². The van der Waals surface area contributed by atoms with Gasteiger partial charge in [-0.25, -0.2) is 0 Å². The first kappa shape index (κ1) is 18.0. The Hall–Kier alpha value is 0.0200. The summed E-state index contributed by atoms with van der Waals surface area (Å²) < 4.78 is 0. The van der Waals surface area contributed by atoms with Gasteiger partial charge < -0.3 is 0 Å². The maximum absolute atomic E-state index is 10.1. The lowest BCUT2D eigenvalue weighted by Crippen LogP contribution is -1.84. The van der Waals surface area contributed by atoms with Crippen LogP contribution >= 0.6 is 11.8 Å². The van der Waals surface area contributed by atoms with Gasteiger partial charge >= 0.3 is 0 Å². The lowest BCUT2D eigenvalue weighted by atomic mass is 10.1. The number of rotatable bonds is 15. The molecule has 0 heterocycles. The zero-order chi connectivity index (χ0) is 13.3. The molecule has 0 unspecified atom stereocenters. The van der Waals surface area contributed by atoms with Crippen LogP contribution in [0.4, 0.5) is 0 Å². The van der Waals surface area contributed by atoms with Crippen LogP contribution in [0, 0.1) is 0 Å². The molecule has 0 saturated carbocycles. The van der Waals surface area contributed by atoms with E-state index in [0.29, 0.717) is 0 Å². The second-order valence-electron chi connectivity index (χ2n) is 5.21. The summed E-state index contributed by atoms with van der Waals surface area (Å²) in [6, 6.07) is 0. The van der Waals surface area contributed by atoms with E-state index in [9.17, 15) is 4.79 Å². The molecule has 0 fully saturated rings. The van der Waals surface area contributed by atoms with E-state index in [2.05, 4.69) is 6.92 Å². The van der Waals surface area contributed by atoms with E-state index in [-0.39, 0.29) is 0 Å². The third kappa shape index (κ3) is 16.0. The molecule has 0 atom stereocenters. The van der Waals surface area contributed by atoms with Crippen LogP contribution in [-0.4, -0.2) is 11.4 Å². The topological polar surface area (TPSA) is 17.1 Å². The van der Waals surface area contributed by atoms with Crippen molar-refractivity contribution in [2.45, 2.75) is 90.4 Å². The number of hydrogen-bond acceptors (Lipinski definition) is 2. The molecule has 0 aliphatic rings. The number of thioether (sulfide) groups is 1. The maximum Gasteiger partial charge on any atom is 0.176 e. The van der Waals surface area contributed by atoms with E-state index in [1.807, 2.05) is 0 Å². The highest BCUT2D eigenvalue weighted by Crippen LogP contribution is 2.12. The Bertz CT molecular complexity index is 159. The first-order valence-corrected chi connectivity index (χ1v) is 9.02. The van der Waals surface area contributed by atoms with Crippen molar-refractivity contribution in [3.8, 4) is 0 Å². The maximum atomic E-state index is 10.1. The van der Waals surface area contributed by atoms with Gasteiger partial charge in [-0.2, -0.15) is 0 Å². The predicted molar refractivity (Wildman–Crippen MR) is 84.9 cm³/mol. The van der Waals surface area contributed by atoms with Gasteiger partial charge in [-0.15, -0.1) is 0 Å². The van der Waals surface area contributed by atoms with Gasteiger partial charge in [0.15, 0.2) is 5.62 Å². The first-order valence-electron chi connectivity index (χ1n) is 7.97. The molecule has 0 aromatic carbocycles. The third-order valence-electron chi connectivity index (χ3n) is 3.43. The van der Waals surface area contributed by atoms with Crippen molar-refractivity contribution in [3.63, 3.8) is 0 Å². The predicted octanol–water partition coefficient (Wildman–Crippen LogP) is 6.00. The van der Waals surface area contributed by atoms with Gasteiger partial charge in [0.25, 0.3) is 0 Å². The summed E-state index contributed by atoms with van der Waals surface area (Å²) in [5, 5.41) is 0. The fourth-order valence-corrected chi connectivity index (χ4v) is 2.72. The molecule has 0 bridgehead atoms. The van der Waals surface area contributed by atoms with Crippen molar-refractivity contribution in [3.05, 3.63) is 0 Å². The van der Waals surface area contributed by atoms with Crippen LogP contribution in [0.25, 0.3) is 0 Å². The minimum atomic E-state index is 0.959. The highest BCUT2D eigenvalue weighted by Gasteiger charge is 1.93. The van der Waals surface area contributed by atoms with E-state index in [1.54, 1.807) is 0 Å². The molecule has 0 aromatic heterocycles. The van der Waals surface area contributed by atoms with Crippen molar-refractivity contribution < 1.29 is 4.79 Å². The Kier molecular flexibility index (Phi) is 17.0. The molecule has 108 valence electrons. The molecule has 18 heavy (non-hydrogen) atoms. The normalized spacial score (nSPS) is 10.7. The van der Waals surface area contributed by atoms with Crippen LogP contribution < -0.4 is 0 Å². The third-order valence-corrected chi connectivity index (χ3v) is 4.09. The van der Waals surface area contributed by atoms with E-state index < -0.39 is 0 Å². The molecule has 0 aliphatic heterocycles. The smallest absolute Gasteiger partial charge is 0.176 e. The van der Waals surface area contributed by atoms with Gasteiger partial charge in [-0.3, -0.25) is 4.79 Å². The van der Waals surface area contributed by atoms with Crippen molar-refractivity contribution in [1.29, 1.82) is 0 Å². The molecule has 0 saturated heterocycles. The molecule has 0 amide bonds. The van der Waals surface area contributed by atoms with Crippen LogP contribution in [0.5, 0.6) is 0 Å². The Morgan fingerprint density at radius 1 is 0.667 bits per heavy atom. The molecule has 0 rings (SSSR count). The highest BCUT2D eigenvalue weighted by atomic mass is 32.2. The Balaban J connectivity index is 2.88. The fraction of sp³-hybridized carbons (Fsp3) is 0.938. The fourth-order valence-electron chi connectivity index (χ4n) is 2.25. The number of unbranched alkanes of at least 4 members (excludes halogenated alkanes) is 12. The summed E-state index contributed by atoms with van der Waals surface area (Å²) in [6.45, 7) is 2.28. The number of hydrogen-bond donors (Lipinski definition) is 0. The minimum absolute atomic E-state index is 0.959. The summed E-state index contributed by atoms with van der Waals surface area (Å²) in [5.41, 5.74) is 0.959. The summed E-state index contributed by atoms with van der Waals surface area (Å²) in [6.07, 6.45) is 18.1. The van der Waals surface area contributed by atoms with Gasteiger partial charge in [0, 0.05) is 5.75 Å². The largest absolute Gasteiger partial charge is 0.291 e. The lowest BCUT2D eigenvalue weighted by molar-refractivity contribution is 0.543. The van der Waals surface area contributed by atoms with E-state index >= 15 is 0 Å². The second-order valence-corrected chi connectivity index (χ2v) is 6.14. The average Bonchev–Trinajstić information content (AvgIpc) is 2.39.